The molecule has 0 saturated heterocycles. The van der Waals surface area contributed by atoms with Gasteiger partial charge in [0.05, 0.1) is 13.5 Å². The van der Waals surface area contributed by atoms with Gasteiger partial charge in [0.2, 0.25) is 5.12 Å². The topological polar surface area (TPSA) is 105 Å². The molecule has 0 radical (unpaired) electrons. The van der Waals surface area contributed by atoms with Crippen molar-refractivity contribution in [3.05, 3.63) is 114 Å². The van der Waals surface area contributed by atoms with Crippen LogP contribution in [0.1, 0.15) is 27.9 Å². The van der Waals surface area contributed by atoms with E-state index in [2.05, 4.69) is 41.6 Å². The quantitative estimate of drug-likeness (QED) is 0.0744. The molecule has 0 bridgehead atoms. The van der Waals surface area contributed by atoms with Crippen LogP contribution in [-0.4, -0.2) is 43.3 Å². The van der Waals surface area contributed by atoms with Gasteiger partial charge in [-0.3, -0.25) is 9.59 Å². The first kappa shape index (κ1) is 32.0. The molecule has 0 aromatic heterocycles. The summed E-state index contributed by atoms with van der Waals surface area (Å²) in [5, 5.41) is -0.119. The molecule has 216 valence electrons. The molecule has 0 atom stereocenters. The van der Waals surface area contributed by atoms with E-state index in [-0.39, 0.29) is 36.1 Å². The lowest BCUT2D eigenvalue weighted by atomic mass is 10.1. The molecule has 0 aliphatic rings. The number of thioether (sulfide) groups is 1. The zero-order valence-corrected chi connectivity index (χ0v) is 24.0. The Hall–Kier alpha value is -5.51. The number of methoxy groups -OCH3 is 1. The Labute approximate surface area is 253 Å². The summed E-state index contributed by atoms with van der Waals surface area (Å²) in [6, 6.07) is 20.4. The van der Waals surface area contributed by atoms with Gasteiger partial charge in [0.1, 0.15) is 24.7 Å². The van der Waals surface area contributed by atoms with Gasteiger partial charge in [-0.1, -0.05) is 25.0 Å². The normalized spacial score (nSPS) is 9.60. The molecule has 3 aromatic carbocycles. The molecule has 0 amide bonds. The van der Waals surface area contributed by atoms with Crippen molar-refractivity contribution in [1.82, 2.24) is 0 Å². The van der Waals surface area contributed by atoms with Crippen molar-refractivity contribution in [2.45, 2.75) is 11.3 Å². The third kappa shape index (κ3) is 11.1. The minimum absolute atomic E-state index is 0.0117. The van der Waals surface area contributed by atoms with Crippen molar-refractivity contribution >= 4 is 34.8 Å². The average Bonchev–Trinajstić information content (AvgIpc) is 3.02. The number of carbonyl (C=O) groups excluding carboxylic acids is 4. The van der Waals surface area contributed by atoms with Crippen molar-refractivity contribution in [3.8, 4) is 35.2 Å². The van der Waals surface area contributed by atoms with Crippen LogP contribution in [0.15, 0.2) is 102 Å². The number of carbonyl (C=O) groups is 4. The Balaban J connectivity index is 1.47. The first-order valence-electron chi connectivity index (χ1n) is 12.7. The Morgan fingerprint density at radius 2 is 1.40 bits per heavy atom. The predicted octanol–water partition coefficient (Wildman–Crippen LogP) is 5.16. The molecule has 3 aromatic rings. The van der Waals surface area contributed by atoms with Gasteiger partial charge in [-0.2, -0.15) is 0 Å². The summed E-state index contributed by atoms with van der Waals surface area (Å²) in [7, 11) is 1.22. The standard InChI is InChI=1S/C34H26O8S/c1-4-31(35)41-22-21-40-28-17-19-30(20-18-28)43-34(38)27-13-9-25(10-14-27)7-5-6-8-26-11-15-29(16-12-26)42-33(37)24(2)23-32(36)39-3/h4,9-20H,1-2,21-23H2,3H3. The molecule has 8 nitrogen and oxygen atoms in total. The van der Waals surface area contributed by atoms with Gasteiger partial charge < -0.3 is 18.9 Å². The van der Waals surface area contributed by atoms with Crippen LogP contribution in [0, 0.1) is 23.7 Å². The fourth-order valence-corrected chi connectivity index (χ4v) is 3.87. The fourth-order valence-electron chi connectivity index (χ4n) is 3.13. The Kier molecular flexibility index (Phi) is 12.4. The van der Waals surface area contributed by atoms with Crippen LogP contribution in [0.25, 0.3) is 0 Å². The molecule has 0 saturated carbocycles. The first-order chi connectivity index (χ1) is 20.8. The summed E-state index contributed by atoms with van der Waals surface area (Å²) in [5.41, 5.74) is 1.88. The van der Waals surface area contributed by atoms with Crippen molar-refractivity contribution in [2.24, 2.45) is 0 Å². The van der Waals surface area contributed by atoms with Crippen LogP contribution >= 0.6 is 11.8 Å². The molecule has 0 N–H and O–H groups in total. The molecule has 0 spiro atoms. The highest BCUT2D eigenvalue weighted by Crippen LogP contribution is 2.25. The monoisotopic (exact) mass is 594 g/mol. The van der Waals surface area contributed by atoms with E-state index >= 15 is 0 Å². The van der Waals surface area contributed by atoms with Crippen molar-refractivity contribution in [2.75, 3.05) is 20.3 Å². The Morgan fingerprint density at radius 3 is 1.98 bits per heavy atom. The molecular formula is C34H26O8S. The van der Waals surface area contributed by atoms with Gasteiger partial charge in [-0.25, -0.2) is 9.59 Å². The minimum Gasteiger partial charge on any atom is -0.490 e. The second-order valence-electron chi connectivity index (χ2n) is 8.43. The molecule has 43 heavy (non-hydrogen) atoms. The van der Waals surface area contributed by atoms with E-state index in [1.807, 2.05) is 0 Å². The van der Waals surface area contributed by atoms with Crippen LogP contribution in [0.2, 0.25) is 0 Å². The van der Waals surface area contributed by atoms with E-state index in [1.54, 1.807) is 72.8 Å². The molecule has 9 heteroatoms. The smallest absolute Gasteiger partial charge is 0.339 e. The van der Waals surface area contributed by atoms with E-state index in [0.717, 1.165) is 22.7 Å². The second kappa shape index (κ2) is 16.7. The maximum atomic E-state index is 12.7. The molecule has 0 aliphatic heterocycles. The minimum atomic E-state index is -0.718. The third-order valence-corrected chi connectivity index (χ3v) is 6.26. The van der Waals surface area contributed by atoms with Crippen molar-refractivity contribution in [3.63, 3.8) is 0 Å². The van der Waals surface area contributed by atoms with Crippen LogP contribution in [0.4, 0.5) is 0 Å². The average molecular weight is 595 g/mol. The number of rotatable bonds is 11. The molecule has 0 unspecified atom stereocenters. The highest BCUT2D eigenvalue weighted by Gasteiger charge is 2.14. The van der Waals surface area contributed by atoms with Crippen molar-refractivity contribution < 1.29 is 38.1 Å². The Bertz CT molecular complexity index is 1610. The SMILES string of the molecule is C=CC(=O)OCCOc1ccc(SC(=O)c2ccc(C#CC#Cc3ccc(OC(=O)C(=C)CC(=O)OC)cc3)cc2)cc1. The van der Waals surface area contributed by atoms with Crippen LogP contribution in [0.5, 0.6) is 11.5 Å². The van der Waals surface area contributed by atoms with Crippen LogP contribution in [-0.2, 0) is 23.9 Å². The zero-order valence-electron chi connectivity index (χ0n) is 23.2. The van der Waals surface area contributed by atoms with Gasteiger partial charge in [-0.05, 0) is 96.4 Å². The fraction of sp³-hybridized carbons (Fsp3) is 0.118. The Morgan fingerprint density at radius 1 is 0.814 bits per heavy atom. The van der Waals surface area contributed by atoms with E-state index in [0.29, 0.717) is 22.4 Å². The van der Waals surface area contributed by atoms with E-state index in [9.17, 15) is 19.2 Å². The molecular weight excluding hydrogens is 568 g/mol. The van der Waals surface area contributed by atoms with Gasteiger partial charge >= 0.3 is 17.9 Å². The van der Waals surface area contributed by atoms with Gasteiger partial charge in [0, 0.05) is 33.2 Å². The van der Waals surface area contributed by atoms with Gasteiger partial charge in [0.25, 0.3) is 0 Å². The number of esters is 3. The number of benzene rings is 3. The summed E-state index contributed by atoms with van der Waals surface area (Å²) in [5.74, 6) is 10.4. The molecule has 0 aliphatic carbocycles. The maximum absolute atomic E-state index is 12.7. The molecule has 0 heterocycles. The number of hydrogen-bond acceptors (Lipinski definition) is 9. The van der Waals surface area contributed by atoms with Gasteiger partial charge in [0.15, 0.2) is 0 Å². The lowest BCUT2D eigenvalue weighted by molar-refractivity contribution is -0.141. The molecule has 0 fully saturated rings. The van der Waals surface area contributed by atoms with Gasteiger partial charge in [-0.15, -0.1) is 0 Å². The first-order valence-corrected chi connectivity index (χ1v) is 13.5. The summed E-state index contributed by atoms with van der Waals surface area (Å²) >= 11 is 1.09. The van der Waals surface area contributed by atoms with E-state index < -0.39 is 17.9 Å². The predicted molar refractivity (Wildman–Crippen MR) is 161 cm³/mol. The lowest BCUT2D eigenvalue weighted by Crippen LogP contribution is -2.14. The largest absolute Gasteiger partial charge is 0.490 e. The summed E-state index contributed by atoms with van der Waals surface area (Å²) in [6.07, 6.45) is 0.839. The summed E-state index contributed by atoms with van der Waals surface area (Å²) in [4.78, 5) is 47.7. The highest BCUT2D eigenvalue weighted by atomic mass is 32.2. The summed E-state index contributed by atoms with van der Waals surface area (Å²) in [6.45, 7) is 7.17. The lowest BCUT2D eigenvalue weighted by Gasteiger charge is -2.07. The number of hydrogen-bond donors (Lipinski definition) is 0. The third-order valence-electron chi connectivity index (χ3n) is 5.33. The highest BCUT2D eigenvalue weighted by molar-refractivity contribution is 8.14. The maximum Gasteiger partial charge on any atom is 0.339 e. The van der Waals surface area contributed by atoms with Crippen LogP contribution in [0.3, 0.4) is 0 Å². The van der Waals surface area contributed by atoms with Crippen molar-refractivity contribution in [1.29, 1.82) is 0 Å². The number of ether oxygens (including phenoxy) is 4. The second-order valence-corrected chi connectivity index (χ2v) is 9.48. The van der Waals surface area contributed by atoms with E-state index in [1.165, 1.54) is 7.11 Å². The van der Waals surface area contributed by atoms with E-state index in [4.69, 9.17) is 14.2 Å². The van der Waals surface area contributed by atoms with Crippen LogP contribution < -0.4 is 9.47 Å². The molecule has 3 rings (SSSR count). The summed E-state index contributed by atoms with van der Waals surface area (Å²) < 4.78 is 20.0. The zero-order chi connectivity index (χ0) is 31.0.